The van der Waals surface area contributed by atoms with Crippen LogP contribution >= 0.6 is 11.8 Å². The van der Waals surface area contributed by atoms with Crippen molar-refractivity contribution < 1.29 is 8.78 Å². The average Bonchev–Trinajstić information content (AvgIpc) is 2.88. The lowest BCUT2D eigenvalue weighted by atomic mass is 9.97. The van der Waals surface area contributed by atoms with Crippen LogP contribution in [0.25, 0.3) is 0 Å². The molecule has 1 saturated heterocycles. The van der Waals surface area contributed by atoms with E-state index in [1.807, 2.05) is 11.6 Å². The first kappa shape index (κ1) is 14.3. The summed E-state index contributed by atoms with van der Waals surface area (Å²) in [6, 6.07) is 0. The minimum atomic E-state index is -2.40. The fraction of sp³-hybridized carbons (Fsp3) is 0.846. The number of halogens is 2. The molecule has 2 heterocycles. The van der Waals surface area contributed by atoms with E-state index < -0.39 is 11.8 Å². The summed E-state index contributed by atoms with van der Waals surface area (Å²) in [5.74, 6) is -0.618. The molecule has 0 aromatic carbocycles. The molecule has 1 saturated carbocycles. The van der Waals surface area contributed by atoms with Crippen molar-refractivity contribution in [2.24, 2.45) is 13.0 Å². The van der Waals surface area contributed by atoms with Gasteiger partial charge in [0.2, 0.25) is 0 Å². The standard InChI is InChI=1S/C13H20F2N4S/c1-19-11(9-2-5-16-6-3-9)17-18-12(19)20-7-4-10-8-13(10,14)15/h9-10,16H,2-8H2,1H3/t10-/m0/s1. The summed E-state index contributed by atoms with van der Waals surface area (Å²) in [6.45, 7) is 2.05. The maximum absolute atomic E-state index is 12.8. The zero-order valence-electron chi connectivity index (χ0n) is 11.6. The minimum absolute atomic E-state index is 0.0622. The Morgan fingerprint density at radius 3 is 2.70 bits per heavy atom. The van der Waals surface area contributed by atoms with Crippen molar-refractivity contribution in [1.29, 1.82) is 0 Å². The molecule has 1 atom stereocenters. The minimum Gasteiger partial charge on any atom is -0.317 e. The Bertz CT molecular complexity index is 471. The van der Waals surface area contributed by atoms with E-state index in [4.69, 9.17) is 0 Å². The molecule has 20 heavy (non-hydrogen) atoms. The van der Waals surface area contributed by atoms with Gasteiger partial charge in [-0.05, 0) is 32.4 Å². The zero-order valence-corrected chi connectivity index (χ0v) is 12.4. The zero-order chi connectivity index (χ0) is 14.2. The van der Waals surface area contributed by atoms with E-state index in [0.717, 1.165) is 36.9 Å². The van der Waals surface area contributed by atoms with Crippen LogP contribution in [0.4, 0.5) is 8.78 Å². The summed E-state index contributed by atoms with van der Waals surface area (Å²) in [5, 5.41) is 12.7. The number of nitrogens with one attached hydrogen (secondary N) is 1. The van der Waals surface area contributed by atoms with E-state index in [1.165, 1.54) is 0 Å². The van der Waals surface area contributed by atoms with Gasteiger partial charge >= 0.3 is 0 Å². The first-order valence-electron chi connectivity index (χ1n) is 7.18. The van der Waals surface area contributed by atoms with Crippen molar-refractivity contribution in [2.45, 2.75) is 42.7 Å². The highest BCUT2D eigenvalue weighted by atomic mass is 32.2. The van der Waals surface area contributed by atoms with E-state index in [2.05, 4.69) is 15.5 Å². The van der Waals surface area contributed by atoms with Gasteiger partial charge in [-0.25, -0.2) is 8.78 Å². The summed E-state index contributed by atoms with van der Waals surface area (Å²) >= 11 is 1.54. The van der Waals surface area contributed by atoms with Crippen LogP contribution in [0.15, 0.2) is 5.16 Å². The molecule has 2 aliphatic rings. The van der Waals surface area contributed by atoms with E-state index in [0.29, 0.717) is 18.1 Å². The first-order chi connectivity index (χ1) is 9.58. The Balaban J connectivity index is 1.53. The molecule has 2 fully saturated rings. The molecule has 1 aliphatic carbocycles. The van der Waals surface area contributed by atoms with Crippen LogP contribution in [0.5, 0.6) is 0 Å². The van der Waals surface area contributed by atoms with Gasteiger partial charge in [-0.3, -0.25) is 0 Å². The third-order valence-corrected chi connectivity index (χ3v) is 5.28. The number of hydrogen-bond donors (Lipinski definition) is 1. The van der Waals surface area contributed by atoms with Gasteiger partial charge in [0.15, 0.2) is 5.16 Å². The second-order valence-electron chi connectivity index (χ2n) is 5.72. The molecule has 112 valence electrons. The molecule has 0 unspecified atom stereocenters. The predicted molar refractivity (Wildman–Crippen MR) is 74.2 cm³/mol. The Labute approximate surface area is 121 Å². The van der Waals surface area contributed by atoms with Gasteiger partial charge in [-0.15, -0.1) is 10.2 Å². The summed E-state index contributed by atoms with van der Waals surface area (Å²) in [5.41, 5.74) is 0. The Morgan fingerprint density at radius 2 is 2.05 bits per heavy atom. The summed E-state index contributed by atoms with van der Waals surface area (Å²) in [7, 11) is 1.98. The van der Waals surface area contributed by atoms with E-state index in [9.17, 15) is 8.78 Å². The predicted octanol–water partition coefficient (Wildman–Crippen LogP) is 2.42. The van der Waals surface area contributed by atoms with Crippen LogP contribution in [0.1, 0.15) is 37.4 Å². The van der Waals surface area contributed by atoms with Gasteiger partial charge < -0.3 is 9.88 Å². The van der Waals surface area contributed by atoms with Gasteiger partial charge in [0.05, 0.1) is 0 Å². The number of piperidine rings is 1. The van der Waals surface area contributed by atoms with Crippen LogP contribution in [0.2, 0.25) is 0 Å². The fourth-order valence-electron chi connectivity index (χ4n) is 2.76. The lowest BCUT2D eigenvalue weighted by Crippen LogP contribution is -2.27. The molecule has 7 heteroatoms. The molecule has 0 spiro atoms. The van der Waals surface area contributed by atoms with Crippen molar-refractivity contribution in [3.63, 3.8) is 0 Å². The second kappa shape index (κ2) is 5.60. The molecule has 1 aromatic rings. The maximum Gasteiger partial charge on any atom is 0.251 e. The molecular weight excluding hydrogens is 282 g/mol. The van der Waals surface area contributed by atoms with Crippen molar-refractivity contribution >= 4 is 11.8 Å². The lowest BCUT2D eigenvalue weighted by molar-refractivity contribution is 0.0983. The van der Waals surface area contributed by atoms with Crippen molar-refractivity contribution in [2.75, 3.05) is 18.8 Å². The molecular formula is C13H20F2N4S. The lowest BCUT2D eigenvalue weighted by Gasteiger charge is -2.21. The molecule has 3 rings (SSSR count). The highest BCUT2D eigenvalue weighted by Gasteiger charge is 2.55. The maximum atomic E-state index is 12.8. The van der Waals surface area contributed by atoms with Gasteiger partial charge in [0.1, 0.15) is 5.82 Å². The average molecular weight is 302 g/mol. The number of rotatable bonds is 5. The Kier molecular flexibility index (Phi) is 3.99. The SMILES string of the molecule is Cn1c(SCC[C@H]2CC2(F)F)nnc1C1CCNCC1. The second-order valence-corrected chi connectivity index (χ2v) is 6.79. The third kappa shape index (κ3) is 2.98. The van der Waals surface area contributed by atoms with Crippen LogP contribution in [0, 0.1) is 5.92 Å². The number of nitrogens with zero attached hydrogens (tertiary/aromatic N) is 3. The Hall–Kier alpha value is -0.690. The van der Waals surface area contributed by atoms with Gasteiger partial charge in [-0.1, -0.05) is 11.8 Å². The molecule has 0 amide bonds. The topological polar surface area (TPSA) is 42.7 Å². The van der Waals surface area contributed by atoms with E-state index >= 15 is 0 Å². The number of alkyl halides is 2. The summed E-state index contributed by atoms with van der Waals surface area (Å²) in [4.78, 5) is 0. The summed E-state index contributed by atoms with van der Waals surface area (Å²) in [6.07, 6.45) is 2.80. The first-order valence-corrected chi connectivity index (χ1v) is 8.17. The fourth-order valence-corrected chi connectivity index (χ4v) is 3.73. The normalized spacial score (nSPS) is 25.9. The van der Waals surface area contributed by atoms with Crippen molar-refractivity contribution in [1.82, 2.24) is 20.1 Å². The van der Waals surface area contributed by atoms with Gasteiger partial charge in [0, 0.05) is 31.1 Å². The molecule has 0 radical (unpaired) electrons. The number of thioether (sulfide) groups is 1. The number of aromatic nitrogens is 3. The van der Waals surface area contributed by atoms with E-state index in [-0.39, 0.29) is 6.42 Å². The molecule has 4 nitrogen and oxygen atoms in total. The van der Waals surface area contributed by atoms with Gasteiger partial charge in [-0.2, -0.15) is 0 Å². The Morgan fingerprint density at radius 1 is 1.35 bits per heavy atom. The molecule has 1 aliphatic heterocycles. The molecule has 0 bridgehead atoms. The van der Waals surface area contributed by atoms with Crippen LogP contribution in [-0.2, 0) is 7.05 Å². The third-order valence-electron chi connectivity index (χ3n) is 4.23. The van der Waals surface area contributed by atoms with E-state index in [1.54, 1.807) is 11.8 Å². The van der Waals surface area contributed by atoms with Crippen molar-refractivity contribution in [3.8, 4) is 0 Å². The van der Waals surface area contributed by atoms with Gasteiger partial charge in [0.25, 0.3) is 5.92 Å². The van der Waals surface area contributed by atoms with Crippen molar-refractivity contribution in [3.05, 3.63) is 5.82 Å². The smallest absolute Gasteiger partial charge is 0.251 e. The highest BCUT2D eigenvalue weighted by Crippen LogP contribution is 2.51. The molecule has 1 aromatic heterocycles. The van der Waals surface area contributed by atoms with Crippen LogP contribution < -0.4 is 5.32 Å². The van der Waals surface area contributed by atoms with Crippen LogP contribution in [0.3, 0.4) is 0 Å². The largest absolute Gasteiger partial charge is 0.317 e. The highest BCUT2D eigenvalue weighted by molar-refractivity contribution is 7.99. The van der Waals surface area contributed by atoms with Crippen LogP contribution in [-0.4, -0.2) is 39.5 Å². The summed E-state index contributed by atoms with van der Waals surface area (Å²) < 4.78 is 27.6. The quantitative estimate of drug-likeness (QED) is 0.848. The monoisotopic (exact) mass is 302 g/mol. The molecule has 1 N–H and O–H groups in total. The number of hydrogen-bond acceptors (Lipinski definition) is 4.